The minimum atomic E-state index is -0.329. The molecule has 4 heteroatoms. The van der Waals surface area contributed by atoms with Crippen molar-refractivity contribution >= 4 is 0 Å². The second kappa shape index (κ2) is 4.37. The molecule has 0 aliphatic carbocycles. The zero-order valence-electron chi connectivity index (χ0n) is 8.08. The van der Waals surface area contributed by atoms with Crippen molar-refractivity contribution in [3.63, 3.8) is 0 Å². The van der Waals surface area contributed by atoms with Crippen molar-refractivity contribution in [2.75, 3.05) is 39.3 Å². The van der Waals surface area contributed by atoms with Crippen LogP contribution < -0.4 is 5.32 Å². The lowest BCUT2D eigenvalue weighted by Gasteiger charge is -2.36. The molecule has 2 aliphatic rings. The molecule has 0 aromatic rings. The van der Waals surface area contributed by atoms with Gasteiger partial charge >= 0.3 is 0 Å². The average molecular weight is 185 g/mol. The van der Waals surface area contributed by atoms with E-state index in [9.17, 15) is 5.11 Å². The van der Waals surface area contributed by atoms with Crippen LogP contribution in [-0.2, 0) is 0 Å². The maximum Gasteiger partial charge on any atom is 0.165 e. The molecule has 2 saturated heterocycles. The van der Waals surface area contributed by atoms with Crippen LogP contribution >= 0.6 is 0 Å². The fraction of sp³-hybridized carbons (Fsp3) is 1.00. The lowest BCUT2D eigenvalue weighted by molar-refractivity contribution is -0.106. The molecule has 0 aromatic heterocycles. The van der Waals surface area contributed by atoms with Crippen molar-refractivity contribution in [2.45, 2.75) is 19.2 Å². The number of nitrogens with one attached hydrogen (secondary N) is 1. The molecule has 2 rings (SSSR count). The number of hydrogen-bond donors (Lipinski definition) is 2. The topological polar surface area (TPSA) is 38.7 Å². The third-order valence-corrected chi connectivity index (χ3v) is 2.95. The van der Waals surface area contributed by atoms with Crippen LogP contribution in [0.5, 0.6) is 0 Å². The Labute approximate surface area is 79.5 Å². The van der Waals surface area contributed by atoms with E-state index in [-0.39, 0.29) is 6.35 Å². The first kappa shape index (κ1) is 9.40. The predicted molar refractivity (Wildman–Crippen MR) is 51.3 cm³/mol. The van der Waals surface area contributed by atoms with E-state index in [0.29, 0.717) is 0 Å². The van der Waals surface area contributed by atoms with Crippen LogP contribution in [0.2, 0.25) is 0 Å². The Balaban J connectivity index is 1.83. The summed E-state index contributed by atoms with van der Waals surface area (Å²) in [5.41, 5.74) is 0. The molecule has 4 nitrogen and oxygen atoms in total. The van der Waals surface area contributed by atoms with E-state index >= 15 is 0 Å². The van der Waals surface area contributed by atoms with E-state index < -0.39 is 0 Å². The van der Waals surface area contributed by atoms with Gasteiger partial charge in [0.1, 0.15) is 0 Å². The summed E-state index contributed by atoms with van der Waals surface area (Å²) in [6.45, 7) is 6.07. The van der Waals surface area contributed by atoms with Crippen molar-refractivity contribution in [1.82, 2.24) is 15.1 Å². The SMILES string of the molecule is OC(N1CCCC1)N1CCNCC1. The maximum atomic E-state index is 10.00. The van der Waals surface area contributed by atoms with Crippen molar-refractivity contribution in [3.05, 3.63) is 0 Å². The number of rotatable bonds is 2. The third kappa shape index (κ3) is 2.20. The summed E-state index contributed by atoms with van der Waals surface area (Å²) in [4.78, 5) is 4.33. The van der Waals surface area contributed by atoms with E-state index in [0.717, 1.165) is 39.3 Å². The second-order valence-corrected chi connectivity index (χ2v) is 3.88. The van der Waals surface area contributed by atoms with Gasteiger partial charge in [0, 0.05) is 39.3 Å². The lowest BCUT2D eigenvalue weighted by atomic mass is 10.4. The molecular formula is C9H19N3O. The fourth-order valence-electron chi connectivity index (χ4n) is 2.12. The van der Waals surface area contributed by atoms with Gasteiger partial charge in [-0.25, -0.2) is 0 Å². The summed E-state index contributed by atoms with van der Waals surface area (Å²) < 4.78 is 0. The Morgan fingerprint density at radius 2 is 1.46 bits per heavy atom. The zero-order chi connectivity index (χ0) is 9.10. The Kier molecular flexibility index (Phi) is 3.16. The Morgan fingerprint density at radius 3 is 2.08 bits per heavy atom. The molecule has 0 spiro atoms. The molecule has 0 radical (unpaired) electrons. The minimum Gasteiger partial charge on any atom is -0.365 e. The Morgan fingerprint density at radius 1 is 0.923 bits per heavy atom. The van der Waals surface area contributed by atoms with Gasteiger partial charge in [-0.1, -0.05) is 0 Å². The van der Waals surface area contributed by atoms with Crippen molar-refractivity contribution in [3.8, 4) is 0 Å². The van der Waals surface area contributed by atoms with E-state index in [1.54, 1.807) is 0 Å². The molecule has 2 heterocycles. The number of aliphatic hydroxyl groups is 1. The summed E-state index contributed by atoms with van der Waals surface area (Å²) in [7, 11) is 0. The molecule has 2 aliphatic heterocycles. The number of hydrogen-bond acceptors (Lipinski definition) is 4. The van der Waals surface area contributed by atoms with Crippen molar-refractivity contribution in [2.24, 2.45) is 0 Å². The van der Waals surface area contributed by atoms with Crippen molar-refractivity contribution in [1.29, 1.82) is 0 Å². The summed E-state index contributed by atoms with van der Waals surface area (Å²) in [6.07, 6.45) is 2.15. The summed E-state index contributed by atoms with van der Waals surface area (Å²) in [5.74, 6) is 0. The second-order valence-electron chi connectivity index (χ2n) is 3.88. The molecule has 1 unspecified atom stereocenters. The largest absolute Gasteiger partial charge is 0.365 e. The first-order valence-corrected chi connectivity index (χ1v) is 5.25. The molecular weight excluding hydrogens is 166 g/mol. The first-order valence-electron chi connectivity index (χ1n) is 5.25. The van der Waals surface area contributed by atoms with Crippen LogP contribution in [-0.4, -0.2) is 60.5 Å². The van der Waals surface area contributed by atoms with Crippen LogP contribution in [0.1, 0.15) is 12.8 Å². The van der Waals surface area contributed by atoms with Crippen LogP contribution in [0, 0.1) is 0 Å². The van der Waals surface area contributed by atoms with E-state index in [1.807, 2.05) is 0 Å². The summed E-state index contributed by atoms with van der Waals surface area (Å²) >= 11 is 0. The zero-order valence-corrected chi connectivity index (χ0v) is 8.08. The van der Waals surface area contributed by atoms with Gasteiger partial charge in [-0.15, -0.1) is 0 Å². The molecule has 0 amide bonds. The molecule has 1 atom stereocenters. The molecule has 0 bridgehead atoms. The van der Waals surface area contributed by atoms with Crippen LogP contribution in [0.4, 0.5) is 0 Å². The predicted octanol–water partition coefficient (Wildman–Crippen LogP) is -0.737. The standard InChI is InChI=1S/C9H19N3O/c13-9(11-5-1-2-6-11)12-7-3-10-4-8-12/h9-10,13H,1-8H2. The third-order valence-electron chi connectivity index (χ3n) is 2.95. The highest BCUT2D eigenvalue weighted by Gasteiger charge is 2.25. The van der Waals surface area contributed by atoms with Crippen molar-refractivity contribution < 1.29 is 5.11 Å². The monoisotopic (exact) mass is 185 g/mol. The average Bonchev–Trinajstić information content (AvgIpc) is 2.71. The summed E-state index contributed by atoms with van der Waals surface area (Å²) in [6, 6.07) is 0. The van der Waals surface area contributed by atoms with Gasteiger partial charge in [-0.05, 0) is 12.8 Å². The van der Waals surface area contributed by atoms with Crippen LogP contribution in [0.15, 0.2) is 0 Å². The fourth-order valence-corrected chi connectivity index (χ4v) is 2.12. The van der Waals surface area contributed by atoms with Crippen LogP contribution in [0.3, 0.4) is 0 Å². The molecule has 2 N–H and O–H groups in total. The Bertz CT molecular complexity index is 153. The number of piperazine rings is 1. The van der Waals surface area contributed by atoms with Gasteiger partial charge < -0.3 is 10.4 Å². The van der Waals surface area contributed by atoms with E-state index in [1.165, 1.54) is 12.8 Å². The van der Waals surface area contributed by atoms with Gasteiger partial charge in [0.2, 0.25) is 0 Å². The van der Waals surface area contributed by atoms with E-state index in [2.05, 4.69) is 15.1 Å². The number of likely N-dealkylation sites (tertiary alicyclic amines) is 1. The lowest BCUT2D eigenvalue weighted by Crippen LogP contribution is -2.54. The highest BCUT2D eigenvalue weighted by Crippen LogP contribution is 2.13. The molecule has 0 aromatic carbocycles. The molecule has 13 heavy (non-hydrogen) atoms. The minimum absolute atomic E-state index is 0.329. The van der Waals surface area contributed by atoms with Crippen LogP contribution in [0.25, 0.3) is 0 Å². The number of nitrogens with zero attached hydrogens (tertiary/aromatic N) is 2. The molecule has 0 saturated carbocycles. The first-order chi connectivity index (χ1) is 6.38. The smallest absolute Gasteiger partial charge is 0.165 e. The Hall–Kier alpha value is -0.160. The van der Waals surface area contributed by atoms with Gasteiger partial charge in [-0.2, -0.15) is 0 Å². The normalized spacial score (nSPS) is 29.3. The maximum absolute atomic E-state index is 10.00. The van der Waals surface area contributed by atoms with Gasteiger partial charge in [0.25, 0.3) is 0 Å². The quantitative estimate of drug-likeness (QED) is 0.594. The van der Waals surface area contributed by atoms with Gasteiger partial charge in [0.05, 0.1) is 0 Å². The summed E-state index contributed by atoms with van der Waals surface area (Å²) in [5, 5.41) is 13.3. The highest BCUT2D eigenvalue weighted by atomic mass is 16.3. The van der Waals surface area contributed by atoms with Gasteiger partial charge in [0.15, 0.2) is 6.35 Å². The molecule has 2 fully saturated rings. The highest BCUT2D eigenvalue weighted by molar-refractivity contribution is 4.74. The number of aliphatic hydroxyl groups excluding tert-OH is 1. The van der Waals surface area contributed by atoms with Gasteiger partial charge in [-0.3, -0.25) is 9.80 Å². The van der Waals surface area contributed by atoms with E-state index in [4.69, 9.17) is 0 Å². The molecule has 76 valence electrons.